The number of thioether (sulfide) groups is 1. The summed E-state index contributed by atoms with van der Waals surface area (Å²) in [5, 5.41) is 7.95. The van der Waals surface area contributed by atoms with Crippen LogP contribution in [0.4, 0.5) is 0 Å². The van der Waals surface area contributed by atoms with Crippen molar-refractivity contribution in [2.45, 2.75) is 25.8 Å². The van der Waals surface area contributed by atoms with Gasteiger partial charge in [-0.3, -0.25) is 4.68 Å². The van der Waals surface area contributed by atoms with Gasteiger partial charge in [0, 0.05) is 25.0 Å². The molecular formula is C11H19N3S. The van der Waals surface area contributed by atoms with E-state index in [1.807, 2.05) is 11.7 Å². The van der Waals surface area contributed by atoms with Gasteiger partial charge in [-0.05, 0) is 37.6 Å². The Morgan fingerprint density at radius 2 is 2.53 bits per heavy atom. The second-order valence-corrected chi connectivity index (χ2v) is 5.33. The lowest BCUT2D eigenvalue weighted by molar-refractivity contribution is 0.560. The van der Waals surface area contributed by atoms with Crippen molar-refractivity contribution in [3.63, 3.8) is 0 Å². The number of aromatic nitrogens is 2. The SMILES string of the molecule is Cc1nn(C)cc1CCNC1CCSC1. The molecule has 1 saturated heterocycles. The van der Waals surface area contributed by atoms with E-state index in [0.717, 1.165) is 19.0 Å². The van der Waals surface area contributed by atoms with Crippen LogP contribution < -0.4 is 5.32 Å². The largest absolute Gasteiger partial charge is 0.313 e. The zero-order valence-electron chi connectivity index (χ0n) is 9.49. The third-order valence-corrected chi connectivity index (χ3v) is 4.03. The number of rotatable bonds is 4. The van der Waals surface area contributed by atoms with Gasteiger partial charge < -0.3 is 5.32 Å². The summed E-state index contributed by atoms with van der Waals surface area (Å²) >= 11 is 2.06. The molecule has 1 aromatic rings. The van der Waals surface area contributed by atoms with Crippen molar-refractivity contribution in [1.82, 2.24) is 15.1 Å². The summed E-state index contributed by atoms with van der Waals surface area (Å²) in [5.74, 6) is 2.61. The molecular weight excluding hydrogens is 206 g/mol. The normalized spacial score (nSPS) is 21.1. The summed E-state index contributed by atoms with van der Waals surface area (Å²) in [5.41, 5.74) is 2.54. The Kier molecular flexibility index (Phi) is 3.70. The molecule has 4 heteroatoms. The molecule has 0 saturated carbocycles. The molecule has 0 spiro atoms. The van der Waals surface area contributed by atoms with E-state index in [-0.39, 0.29) is 0 Å². The van der Waals surface area contributed by atoms with Crippen LogP contribution >= 0.6 is 11.8 Å². The first kappa shape index (κ1) is 11.0. The highest BCUT2D eigenvalue weighted by Gasteiger charge is 2.14. The molecule has 1 N–H and O–H groups in total. The Morgan fingerprint density at radius 1 is 1.67 bits per heavy atom. The molecule has 2 rings (SSSR count). The van der Waals surface area contributed by atoms with Gasteiger partial charge >= 0.3 is 0 Å². The van der Waals surface area contributed by atoms with Crippen LogP contribution in [0.1, 0.15) is 17.7 Å². The Morgan fingerprint density at radius 3 is 3.13 bits per heavy atom. The molecule has 0 aromatic carbocycles. The molecule has 1 aliphatic heterocycles. The van der Waals surface area contributed by atoms with Gasteiger partial charge in [0.1, 0.15) is 0 Å². The highest BCUT2D eigenvalue weighted by Crippen LogP contribution is 2.16. The van der Waals surface area contributed by atoms with E-state index in [9.17, 15) is 0 Å². The second-order valence-electron chi connectivity index (χ2n) is 4.18. The zero-order valence-corrected chi connectivity index (χ0v) is 10.3. The van der Waals surface area contributed by atoms with Gasteiger partial charge in [-0.15, -0.1) is 0 Å². The van der Waals surface area contributed by atoms with Crippen molar-refractivity contribution < 1.29 is 0 Å². The van der Waals surface area contributed by atoms with Crippen LogP contribution in [0.25, 0.3) is 0 Å². The Hall–Kier alpha value is -0.480. The molecule has 0 aliphatic carbocycles. The highest BCUT2D eigenvalue weighted by atomic mass is 32.2. The molecule has 2 heterocycles. The molecule has 84 valence electrons. The summed E-state index contributed by atoms with van der Waals surface area (Å²) in [7, 11) is 1.98. The molecule has 1 fully saturated rings. The summed E-state index contributed by atoms with van der Waals surface area (Å²) in [4.78, 5) is 0. The fourth-order valence-electron chi connectivity index (χ4n) is 2.00. The predicted octanol–water partition coefficient (Wildman–Crippen LogP) is 1.37. The van der Waals surface area contributed by atoms with Gasteiger partial charge in [0.25, 0.3) is 0 Å². The fourth-order valence-corrected chi connectivity index (χ4v) is 3.19. The molecule has 0 bridgehead atoms. The van der Waals surface area contributed by atoms with Crippen molar-refractivity contribution in [3.8, 4) is 0 Å². The highest BCUT2D eigenvalue weighted by molar-refractivity contribution is 7.99. The maximum absolute atomic E-state index is 4.35. The van der Waals surface area contributed by atoms with Gasteiger partial charge in [0.15, 0.2) is 0 Å². The minimum absolute atomic E-state index is 0.743. The van der Waals surface area contributed by atoms with E-state index in [1.165, 1.54) is 29.2 Å². The molecule has 1 unspecified atom stereocenters. The molecule has 1 aromatic heterocycles. The van der Waals surface area contributed by atoms with Gasteiger partial charge in [-0.2, -0.15) is 16.9 Å². The number of hydrogen-bond donors (Lipinski definition) is 1. The molecule has 3 nitrogen and oxygen atoms in total. The van der Waals surface area contributed by atoms with Gasteiger partial charge in [0.05, 0.1) is 5.69 Å². The lowest BCUT2D eigenvalue weighted by Crippen LogP contribution is -2.30. The standard InChI is InChI=1S/C11H19N3S/c1-9-10(7-14(2)13-9)3-5-12-11-4-6-15-8-11/h7,11-12H,3-6,8H2,1-2H3. The van der Waals surface area contributed by atoms with Crippen LogP contribution in [0.15, 0.2) is 6.20 Å². The summed E-state index contributed by atoms with van der Waals surface area (Å²) in [6.07, 6.45) is 4.55. The first-order valence-corrected chi connectivity index (χ1v) is 6.71. The van der Waals surface area contributed by atoms with Crippen LogP contribution in [-0.2, 0) is 13.5 Å². The van der Waals surface area contributed by atoms with Gasteiger partial charge in [-0.25, -0.2) is 0 Å². The van der Waals surface area contributed by atoms with Crippen molar-refractivity contribution in [2.75, 3.05) is 18.1 Å². The van der Waals surface area contributed by atoms with Gasteiger partial charge in [-0.1, -0.05) is 0 Å². The average molecular weight is 225 g/mol. The summed E-state index contributed by atoms with van der Waals surface area (Å²) < 4.78 is 1.90. The summed E-state index contributed by atoms with van der Waals surface area (Å²) in [6, 6.07) is 0.743. The maximum Gasteiger partial charge on any atom is 0.0626 e. The van der Waals surface area contributed by atoms with Crippen LogP contribution in [0.3, 0.4) is 0 Å². The number of hydrogen-bond acceptors (Lipinski definition) is 3. The van der Waals surface area contributed by atoms with E-state index in [2.05, 4.69) is 35.3 Å². The zero-order chi connectivity index (χ0) is 10.7. The molecule has 1 aliphatic rings. The first-order valence-electron chi connectivity index (χ1n) is 5.56. The minimum Gasteiger partial charge on any atom is -0.313 e. The monoisotopic (exact) mass is 225 g/mol. The molecule has 15 heavy (non-hydrogen) atoms. The molecule has 0 amide bonds. The Bertz CT molecular complexity index is 316. The predicted molar refractivity (Wildman–Crippen MR) is 65.4 cm³/mol. The van der Waals surface area contributed by atoms with E-state index < -0.39 is 0 Å². The first-order chi connectivity index (χ1) is 7.25. The Labute approximate surface area is 95.6 Å². The number of nitrogens with zero attached hydrogens (tertiary/aromatic N) is 2. The van der Waals surface area contributed by atoms with Crippen molar-refractivity contribution in [2.24, 2.45) is 7.05 Å². The fraction of sp³-hybridized carbons (Fsp3) is 0.727. The lowest BCUT2D eigenvalue weighted by Gasteiger charge is -2.10. The van der Waals surface area contributed by atoms with E-state index in [4.69, 9.17) is 0 Å². The van der Waals surface area contributed by atoms with Crippen molar-refractivity contribution in [3.05, 3.63) is 17.5 Å². The maximum atomic E-state index is 4.35. The Balaban J connectivity index is 1.75. The van der Waals surface area contributed by atoms with Crippen molar-refractivity contribution in [1.29, 1.82) is 0 Å². The molecule has 1 atom stereocenters. The van der Waals surface area contributed by atoms with E-state index in [1.54, 1.807) is 0 Å². The van der Waals surface area contributed by atoms with Crippen molar-refractivity contribution >= 4 is 11.8 Å². The van der Waals surface area contributed by atoms with Crippen LogP contribution in [0.5, 0.6) is 0 Å². The van der Waals surface area contributed by atoms with E-state index >= 15 is 0 Å². The minimum atomic E-state index is 0.743. The smallest absolute Gasteiger partial charge is 0.0626 e. The van der Waals surface area contributed by atoms with Gasteiger partial charge in [0.2, 0.25) is 0 Å². The van der Waals surface area contributed by atoms with Crippen LogP contribution in [0, 0.1) is 6.92 Å². The average Bonchev–Trinajstić information content (AvgIpc) is 2.77. The summed E-state index contributed by atoms with van der Waals surface area (Å²) in [6.45, 7) is 3.17. The quantitative estimate of drug-likeness (QED) is 0.839. The molecule has 0 radical (unpaired) electrons. The number of nitrogens with one attached hydrogen (secondary N) is 1. The van der Waals surface area contributed by atoms with Crippen LogP contribution in [0.2, 0.25) is 0 Å². The number of aryl methyl sites for hydroxylation is 2. The second kappa shape index (κ2) is 5.03. The van der Waals surface area contributed by atoms with E-state index in [0.29, 0.717) is 0 Å². The lowest BCUT2D eigenvalue weighted by atomic mass is 10.2. The van der Waals surface area contributed by atoms with Crippen LogP contribution in [-0.4, -0.2) is 33.9 Å². The third-order valence-electron chi connectivity index (χ3n) is 2.87. The topological polar surface area (TPSA) is 29.9 Å². The third kappa shape index (κ3) is 2.98.